The summed E-state index contributed by atoms with van der Waals surface area (Å²) >= 11 is 3.52. The van der Waals surface area contributed by atoms with Gasteiger partial charge in [0.15, 0.2) is 11.5 Å². The first-order valence-electron chi connectivity index (χ1n) is 8.57. The second kappa shape index (κ2) is 8.76. The summed E-state index contributed by atoms with van der Waals surface area (Å²) in [6.45, 7) is 11.3. The van der Waals surface area contributed by atoms with Crippen molar-refractivity contribution in [3.63, 3.8) is 0 Å². The van der Waals surface area contributed by atoms with Gasteiger partial charge in [0.1, 0.15) is 18.8 Å². The third kappa shape index (κ3) is 6.08. The van der Waals surface area contributed by atoms with Crippen LogP contribution in [0.5, 0.6) is 11.5 Å². The number of nitrogens with zero attached hydrogens (tertiary/aromatic N) is 1. The maximum Gasteiger partial charge on any atom is 0.410 e. The van der Waals surface area contributed by atoms with E-state index < -0.39 is 5.60 Å². The Morgan fingerprint density at radius 1 is 1.32 bits per heavy atom. The van der Waals surface area contributed by atoms with Crippen molar-refractivity contribution in [3.05, 3.63) is 22.2 Å². The first-order chi connectivity index (χ1) is 11.8. The van der Waals surface area contributed by atoms with E-state index in [0.29, 0.717) is 39.4 Å². The van der Waals surface area contributed by atoms with Crippen LogP contribution in [-0.4, -0.2) is 49.4 Å². The fourth-order valence-electron chi connectivity index (χ4n) is 2.42. The highest BCUT2D eigenvalue weighted by atomic mass is 79.9. The standard InChI is InChI=1S/C18H27BrN2O4/c1-5-21(17(22)25-18(2,3)4)7-6-20-12-13-10-14(19)16-15(11-13)23-8-9-24-16/h10-11,20H,5-9,12H2,1-4H3. The van der Waals surface area contributed by atoms with Crippen LogP contribution in [-0.2, 0) is 11.3 Å². The Kier molecular flexibility index (Phi) is 6.95. The Hall–Kier alpha value is -1.47. The van der Waals surface area contributed by atoms with E-state index in [2.05, 4.69) is 21.2 Å². The number of likely N-dealkylation sites (N-methyl/N-ethyl adjacent to an activating group) is 1. The molecule has 2 rings (SSSR count). The van der Waals surface area contributed by atoms with E-state index in [4.69, 9.17) is 14.2 Å². The molecule has 0 fully saturated rings. The van der Waals surface area contributed by atoms with Crippen LogP contribution in [0.4, 0.5) is 4.79 Å². The predicted octanol–water partition coefficient (Wildman–Crippen LogP) is 3.57. The van der Waals surface area contributed by atoms with Gasteiger partial charge in [0.05, 0.1) is 4.47 Å². The van der Waals surface area contributed by atoms with Gasteiger partial charge in [-0.15, -0.1) is 0 Å². The lowest BCUT2D eigenvalue weighted by atomic mass is 10.2. The van der Waals surface area contributed by atoms with Gasteiger partial charge in [-0.25, -0.2) is 4.79 Å². The molecule has 1 N–H and O–H groups in total. The SMILES string of the molecule is CCN(CCNCc1cc(Br)c2c(c1)OCCO2)C(=O)OC(C)(C)C. The first kappa shape index (κ1) is 19.8. The minimum absolute atomic E-state index is 0.279. The molecule has 7 heteroatoms. The lowest BCUT2D eigenvalue weighted by molar-refractivity contribution is 0.0262. The van der Waals surface area contributed by atoms with Crippen LogP contribution < -0.4 is 14.8 Å². The number of fused-ring (bicyclic) bond motifs is 1. The second-order valence-corrected chi connectivity index (χ2v) is 7.69. The van der Waals surface area contributed by atoms with Crippen molar-refractivity contribution in [2.24, 2.45) is 0 Å². The molecule has 0 radical (unpaired) electrons. The van der Waals surface area contributed by atoms with E-state index in [0.717, 1.165) is 21.5 Å². The van der Waals surface area contributed by atoms with E-state index >= 15 is 0 Å². The fourth-order valence-corrected chi connectivity index (χ4v) is 3.02. The maximum atomic E-state index is 12.1. The molecule has 140 valence electrons. The van der Waals surface area contributed by atoms with Gasteiger partial charge in [-0.1, -0.05) is 0 Å². The smallest absolute Gasteiger partial charge is 0.410 e. The van der Waals surface area contributed by atoms with Crippen LogP contribution >= 0.6 is 15.9 Å². The highest BCUT2D eigenvalue weighted by Gasteiger charge is 2.21. The first-order valence-corrected chi connectivity index (χ1v) is 9.36. The molecule has 0 aromatic heterocycles. The summed E-state index contributed by atoms with van der Waals surface area (Å²) < 4.78 is 17.5. The molecule has 0 saturated heterocycles. The molecule has 1 aromatic rings. The second-order valence-electron chi connectivity index (χ2n) is 6.84. The Balaban J connectivity index is 1.82. The zero-order valence-corrected chi connectivity index (χ0v) is 16.9. The highest BCUT2D eigenvalue weighted by Crippen LogP contribution is 2.38. The molecule has 0 saturated carbocycles. The number of hydrogen-bond donors (Lipinski definition) is 1. The lowest BCUT2D eigenvalue weighted by Crippen LogP contribution is -2.40. The van der Waals surface area contributed by atoms with E-state index in [1.807, 2.05) is 39.8 Å². The van der Waals surface area contributed by atoms with Crippen molar-refractivity contribution in [2.45, 2.75) is 39.8 Å². The minimum Gasteiger partial charge on any atom is -0.486 e. The van der Waals surface area contributed by atoms with Gasteiger partial charge in [0.2, 0.25) is 0 Å². The molecule has 1 aliphatic rings. The number of rotatable bonds is 6. The average molecular weight is 415 g/mol. The molecule has 25 heavy (non-hydrogen) atoms. The number of benzene rings is 1. The Morgan fingerprint density at radius 3 is 2.72 bits per heavy atom. The van der Waals surface area contributed by atoms with Crippen LogP contribution in [0.3, 0.4) is 0 Å². The third-order valence-electron chi connectivity index (χ3n) is 3.58. The molecule has 0 atom stereocenters. The Labute approximate surface area is 157 Å². The normalized spacial score (nSPS) is 13.5. The molecule has 1 amide bonds. The van der Waals surface area contributed by atoms with E-state index in [9.17, 15) is 4.79 Å². The fraction of sp³-hybridized carbons (Fsp3) is 0.611. The van der Waals surface area contributed by atoms with Gasteiger partial charge in [-0.3, -0.25) is 0 Å². The van der Waals surface area contributed by atoms with Crippen molar-refractivity contribution in [1.29, 1.82) is 0 Å². The zero-order valence-electron chi connectivity index (χ0n) is 15.4. The molecular formula is C18H27BrN2O4. The highest BCUT2D eigenvalue weighted by molar-refractivity contribution is 9.10. The molecule has 0 aliphatic carbocycles. The number of nitrogens with one attached hydrogen (secondary N) is 1. The summed E-state index contributed by atoms with van der Waals surface area (Å²) in [7, 11) is 0. The largest absolute Gasteiger partial charge is 0.486 e. The average Bonchev–Trinajstić information content (AvgIpc) is 2.53. The van der Waals surface area contributed by atoms with Crippen molar-refractivity contribution in [2.75, 3.05) is 32.8 Å². The maximum absolute atomic E-state index is 12.1. The topological polar surface area (TPSA) is 60.0 Å². The van der Waals surface area contributed by atoms with E-state index in [1.54, 1.807) is 4.90 Å². The summed E-state index contributed by atoms with van der Waals surface area (Å²) in [6.07, 6.45) is -0.279. The molecule has 0 unspecified atom stereocenters. The van der Waals surface area contributed by atoms with Crippen molar-refractivity contribution < 1.29 is 19.0 Å². The Bertz CT molecular complexity index is 601. The minimum atomic E-state index is -0.477. The summed E-state index contributed by atoms with van der Waals surface area (Å²) in [5.41, 5.74) is 0.617. The number of hydrogen-bond acceptors (Lipinski definition) is 5. The van der Waals surface area contributed by atoms with Crippen LogP contribution in [0.25, 0.3) is 0 Å². The van der Waals surface area contributed by atoms with Gasteiger partial charge < -0.3 is 24.4 Å². The molecular weight excluding hydrogens is 388 g/mol. The number of amides is 1. The molecule has 1 aliphatic heterocycles. The van der Waals surface area contributed by atoms with E-state index in [-0.39, 0.29) is 6.09 Å². The summed E-state index contributed by atoms with van der Waals surface area (Å²) in [6, 6.07) is 4.00. The molecule has 0 spiro atoms. The molecule has 1 aromatic carbocycles. The van der Waals surface area contributed by atoms with Crippen LogP contribution in [0.15, 0.2) is 16.6 Å². The predicted molar refractivity (Wildman–Crippen MR) is 100 cm³/mol. The molecule has 6 nitrogen and oxygen atoms in total. The van der Waals surface area contributed by atoms with Crippen molar-refractivity contribution in [3.8, 4) is 11.5 Å². The lowest BCUT2D eigenvalue weighted by Gasteiger charge is -2.26. The summed E-state index contributed by atoms with van der Waals surface area (Å²) in [5.74, 6) is 1.53. The van der Waals surface area contributed by atoms with Crippen LogP contribution in [0, 0.1) is 0 Å². The van der Waals surface area contributed by atoms with Crippen LogP contribution in [0.1, 0.15) is 33.3 Å². The van der Waals surface area contributed by atoms with Gasteiger partial charge in [-0.2, -0.15) is 0 Å². The van der Waals surface area contributed by atoms with Gasteiger partial charge in [0.25, 0.3) is 0 Å². The summed E-state index contributed by atoms with van der Waals surface area (Å²) in [4.78, 5) is 13.8. The Morgan fingerprint density at radius 2 is 2.04 bits per heavy atom. The molecule has 0 bridgehead atoms. The van der Waals surface area contributed by atoms with Crippen molar-refractivity contribution >= 4 is 22.0 Å². The van der Waals surface area contributed by atoms with Crippen molar-refractivity contribution in [1.82, 2.24) is 10.2 Å². The zero-order chi connectivity index (χ0) is 18.4. The third-order valence-corrected chi connectivity index (χ3v) is 4.17. The summed E-state index contributed by atoms with van der Waals surface area (Å²) in [5, 5.41) is 3.35. The molecule has 1 heterocycles. The number of ether oxygens (including phenoxy) is 3. The van der Waals surface area contributed by atoms with Gasteiger partial charge in [-0.05, 0) is 61.3 Å². The van der Waals surface area contributed by atoms with Gasteiger partial charge in [0, 0.05) is 26.2 Å². The number of carbonyl (C=O) groups is 1. The van der Waals surface area contributed by atoms with Gasteiger partial charge >= 0.3 is 6.09 Å². The quantitative estimate of drug-likeness (QED) is 0.720. The number of carbonyl (C=O) groups excluding carboxylic acids is 1. The number of halogens is 1. The van der Waals surface area contributed by atoms with Crippen LogP contribution in [0.2, 0.25) is 0 Å². The monoisotopic (exact) mass is 414 g/mol. The van der Waals surface area contributed by atoms with E-state index in [1.165, 1.54) is 0 Å².